The van der Waals surface area contributed by atoms with Gasteiger partial charge in [-0.1, -0.05) is 43.7 Å². The standard InChI is InChI=1S/C22H26N6O2S/c1-2-16-12-17(27-31(29,30)11-9-15-6-4-3-5-7-15)13-18(16)22-26-25-20-14-24-21-19(28(20)22)8-10-23-21/h3-8,10,14,16-18,23,27H,2,9,11-13H2,1H3. The van der Waals surface area contributed by atoms with Gasteiger partial charge in [0.2, 0.25) is 10.0 Å². The molecule has 0 aliphatic heterocycles. The first-order valence-corrected chi connectivity index (χ1v) is 12.4. The van der Waals surface area contributed by atoms with Crippen LogP contribution in [-0.4, -0.2) is 44.8 Å². The van der Waals surface area contributed by atoms with Crippen molar-refractivity contribution in [3.63, 3.8) is 0 Å². The van der Waals surface area contributed by atoms with E-state index in [2.05, 4.69) is 36.2 Å². The summed E-state index contributed by atoms with van der Waals surface area (Å²) in [5.41, 5.74) is 3.48. The first kappa shape index (κ1) is 20.1. The first-order valence-electron chi connectivity index (χ1n) is 10.7. The minimum atomic E-state index is -3.36. The highest BCUT2D eigenvalue weighted by atomic mass is 32.2. The maximum atomic E-state index is 12.7. The van der Waals surface area contributed by atoms with Crippen molar-refractivity contribution in [1.82, 2.24) is 29.3 Å². The molecule has 0 amide bonds. The number of rotatable bonds is 7. The summed E-state index contributed by atoms with van der Waals surface area (Å²) in [6.45, 7) is 2.15. The second kappa shape index (κ2) is 8.05. The fourth-order valence-electron chi connectivity index (χ4n) is 4.84. The number of benzene rings is 1. The number of nitrogens with zero attached hydrogens (tertiary/aromatic N) is 4. The van der Waals surface area contributed by atoms with E-state index in [4.69, 9.17) is 0 Å². The van der Waals surface area contributed by atoms with E-state index in [-0.39, 0.29) is 17.7 Å². The minimum Gasteiger partial charge on any atom is -0.345 e. The topological polar surface area (TPSA) is 105 Å². The van der Waals surface area contributed by atoms with Crippen molar-refractivity contribution >= 4 is 26.8 Å². The molecule has 162 valence electrons. The number of H-pyrrole nitrogens is 1. The van der Waals surface area contributed by atoms with E-state index >= 15 is 0 Å². The predicted molar refractivity (Wildman–Crippen MR) is 119 cm³/mol. The Morgan fingerprint density at radius 3 is 2.81 bits per heavy atom. The zero-order valence-electron chi connectivity index (χ0n) is 17.4. The van der Waals surface area contributed by atoms with Crippen LogP contribution in [0.2, 0.25) is 0 Å². The van der Waals surface area contributed by atoms with Gasteiger partial charge >= 0.3 is 0 Å². The molecule has 0 saturated heterocycles. The molecule has 3 heterocycles. The second-order valence-corrected chi connectivity index (χ2v) is 10.2. The Morgan fingerprint density at radius 1 is 1.16 bits per heavy atom. The summed E-state index contributed by atoms with van der Waals surface area (Å²) in [6.07, 6.45) is 6.58. The van der Waals surface area contributed by atoms with Crippen LogP contribution in [0.1, 0.15) is 43.5 Å². The van der Waals surface area contributed by atoms with Gasteiger partial charge in [0.05, 0.1) is 17.5 Å². The average Bonchev–Trinajstić information content (AvgIpc) is 3.49. The Kier molecular flexibility index (Phi) is 5.23. The van der Waals surface area contributed by atoms with Crippen LogP contribution >= 0.6 is 0 Å². The number of hydrogen-bond donors (Lipinski definition) is 2. The SMILES string of the molecule is CCC1CC(NS(=O)(=O)CCc2ccccc2)CC1c1nnc2cnc3[nH]ccc3n12. The van der Waals surface area contributed by atoms with Crippen molar-refractivity contribution in [1.29, 1.82) is 0 Å². The van der Waals surface area contributed by atoms with Gasteiger partial charge in [0.15, 0.2) is 11.3 Å². The third kappa shape index (κ3) is 3.95. The highest BCUT2D eigenvalue weighted by Gasteiger charge is 2.38. The van der Waals surface area contributed by atoms with Crippen LogP contribution < -0.4 is 4.72 Å². The lowest BCUT2D eigenvalue weighted by Gasteiger charge is -2.16. The molecule has 3 atom stereocenters. The minimum absolute atomic E-state index is 0.0911. The maximum absolute atomic E-state index is 12.7. The van der Waals surface area contributed by atoms with Crippen LogP contribution in [0.5, 0.6) is 0 Å². The number of hydrogen-bond acceptors (Lipinski definition) is 5. The molecule has 1 saturated carbocycles. The summed E-state index contributed by atoms with van der Waals surface area (Å²) in [7, 11) is -3.36. The van der Waals surface area contributed by atoms with Crippen molar-refractivity contribution in [3.05, 3.63) is 60.2 Å². The van der Waals surface area contributed by atoms with Gasteiger partial charge in [-0.15, -0.1) is 10.2 Å². The van der Waals surface area contributed by atoms with Crippen LogP contribution in [0.25, 0.3) is 16.8 Å². The lowest BCUT2D eigenvalue weighted by atomic mass is 9.93. The average molecular weight is 439 g/mol. The van der Waals surface area contributed by atoms with Crippen molar-refractivity contribution in [2.24, 2.45) is 5.92 Å². The number of aromatic amines is 1. The van der Waals surface area contributed by atoms with Crippen LogP contribution in [0.15, 0.2) is 48.8 Å². The summed E-state index contributed by atoms with van der Waals surface area (Å²) >= 11 is 0. The summed E-state index contributed by atoms with van der Waals surface area (Å²) in [5.74, 6) is 1.47. The van der Waals surface area contributed by atoms with E-state index in [9.17, 15) is 8.42 Å². The normalized spacial score (nSPS) is 21.9. The first-order chi connectivity index (χ1) is 15.0. The van der Waals surface area contributed by atoms with Crippen molar-refractivity contribution in [2.75, 3.05) is 5.75 Å². The highest BCUT2D eigenvalue weighted by molar-refractivity contribution is 7.89. The summed E-state index contributed by atoms with van der Waals surface area (Å²) in [5, 5.41) is 8.82. The zero-order chi connectivity index (χ0) is 21.4. The monoisotopic (exact) mass is 438 g/mol. The molecule has 0 radical (unpaired) electrons. The summed E-state index contributed by atoms with van der Waals surface area (Å²) in [6, 6.07) is 11.6. The molecule has 0 bridgehead atoms. The van der Waals surface area contributed by atoms with Gasteiger partial charge in [-0.05, 0) is 36.8 Å². The molecule has 5 rings (SSSR count). The van der Waals surface area contributed by atoms with Crippen molar-refractivity contribution in [3.8, 4) is 0 Å². The quantitative estimate of drug-likeness (QED) is 0.461. The van der Waals surface area contributed by atoms with E-state index in [0.29, 0.717) is 18.0 Å². The molecule has 3 unspecified atom stereocenters. The molecular formula is C22H26N6O2S. The number of fused-ring (bicyclic) bond motifs is 3. The van der Waals surface area contributed by atoms with Gasteiger partial charge in [0.1, 0.15) is 5.82 Å². The van der Waals surface area contributed by atoms with Gasteiger partial charge in [0.25, 0.3) is 0 Å². The van der Waals surface area contributed by atoms with Crippen molar-refractivity contribution < 1.29 is 8.42 Å². The number of aryl methyl sites for hydroxylation is 1. The van der Waals surface area contributed by atoms with Gasteiger partial charge in [-0.2, -0.15) is 0 Å². The highest BCUT2D eigenvalue weighted by Crippen LogP contribution is 2.41. The molecule has 2 N–H and O–H groups in total. The Balaban J connectivity index is 1.35. The largest absolute Gasteiger partial charge is 0.345 e. The van der Waals surface area contributed by atoms with E-state index in [1.807, 2.05) is 42.6 Å². The van der Waals surface area contributed by atoms with Gasteiger partial charge in [-0.25, -0.2) is 18.1 Å². The van der Waals surface area contributed by atoms with Crippen molar-refractivity contribution in [2.45, 2.75) is 44.6 Å². The number of nitrogens with one attached hydrogen (secondary N) is 2. The van der Waals surface area contributed by atoms with E-state index in [0.717, 1.165) is 41.8 Å². The Bertz CT molecular complexity index is 1300. The van der Waals surface area contributed by atoms with E-state index in [1.165, 1.54) is 0 Å². The van der Waals surface area contributed by atoms with E-state index < -0.39 is 10.0 Å². The van der Waals surface area contributed by atoms with Crippen LogP contribution in [0.4, 0.5) is 0 Å². The molecule has 0 spiro atoms. The second-order valence-electron chi connectivity index (χ2n) is 8.34. The third-order valence-electron chi connectivity index (χ3n) is 6.37. The lowest BCUT2D eigenvalue weighted by Crippen LogP contribution is -2.35. The van der Waals surface area contributed by atoms with Crippen LogP contribution in [-0.2, 0) is 16.4 Å². The summed E-state index contributed by atoms with van der Waals surface area (Å²) < 4.78 is 30.5. The molecule has 1 aliphatic rings. The number of sulfonamides is 1. The smallest absolute Gasteiger partial charge is 0.212 e. The predicted octanol–water partition coefficient (Wildman–Crippen LogP) is 3.04. The molecule has 1 aliphatic carbocycles. The van der Waals surface area contributed by atoms with Gasteiger partial charge in [0, 0.05) is 18.2 Å². The Morgan fingerprint density at radius 2 is 2.00 bits per heavy atom. The fraction of sp³-hybridized carbons (Fsp3) is 0.409. The molecule has 31 heavy (non-hydrogen) atoms. The molecule has 1 fully saturated rings. The Hall–Kier alpha value is -2.78. The fourth-order valence-corrected chi connectivity index (χ4v) is 6.16. The molecule has 8 nitrogen and oxygen atoms in total. The zero-order valence-corrected chi connectivity index (χ0v) is 18.2. The molecule has 9 heteroatoms. The molecular weight excluding hydrogens is 412 g/mol. The Labute approximate surface area is 181 Å². The van der Waals surface area contributed by atoms with Gasteiger partial charge < -0.3 is 4.98 Å². The molecule has 4 aromatic rings. The van der Waals surface area contributed by atoms with Crippen LogP contribution in [0, 0.1) is 5.92 Å². The molecule has 3 aromatic heterocycles. The maximum Gasteiger partial charge on any atom is 0.212 e. The van der Waals surface area contributed by atoms with E-state index in [1.54, 1.807) is 6.20 Å². The van der Waals surface area contributed by atoms with Crippen LogP contribution in [0.3, 0.4) is 0 Å². The summed E-state index contributed by atoms with van der Waals surface area (Å²) in [4.78, 5) is 7.52. The third-order valence-corrected chi connectivity index (χ3v) is 7.80. The number of aromatic nitrogens is 5. The molecule has 1 aromatic carbocycles. The van der Waals surface area contributed by atoms with Gasteiger partial charge in [-0.3, -0.25) is 4.40 Å². The lowest BCUT2D eigenvalue weighted by molar-refractivity contribution is 0.449.